The zero-order chi connectivity index (χ0) is 78.4. The minimum atomic E-state index is -1.71. The first-order valence-electron chi connectivity index (χ1n) is 37.4. The van der Waals surface area contributed by atoms with Crippen LogP contribution in [0.15, 0.2) is 206 Å². The van der Waals surface area contributed by atoms with Gasteiger partial charge in [-0.3, -0.25) is 43.3 Å². The van der Waals surface area contributed by atoms with E-state index in [2.05, 4.69) is 37.2 Å². The molecular formula is C86H103N9O13S. The summed E-state index contributed by atoms with van der Waals surface area (Å²) in [5, 5.41) is 33.6. The number of ether oxygens (including phenoxy) is 3. The second-order valence-corrected chi connectivity index (χ2v) is 31.6. The Morgan fingerprint density at radius 2 is 1.02 bits per heavy atom. The van der Waals surface area contributed by atoms with Crippen molar-refractivity contribution in [3.8, 4) is 0 Å². The Morgan fingerprint density at radius 1 is 0.550 bits per heavy atom. The maximum Gasteiger partial charge on any atom is 0.329 e. The molecular weight excluding hydrogens is 1400 g/mol. The van der Waals surface area contributed by atoms with Gasteiger partial charge < -0.3 is 61.4 Å². The molecule has 0 aromatic heterocycles. The van der Waals surface area contributed by atoms with Gasteiger partial charge in [0.2, 0.25) is 41.4 Å². The Bertz CT molecular complexity index is 4110. The number of methoxy groups -OCH3 is 1. The van der Waals surface area contributed by atoms with Crippen LogP contribution in [0.2, 0.25) is 0 Å². The maximum absolute atomic E-state index is 15.6. The summed E-state index contributed by atoms with van der Waals surface area (Å²) < 4.78 is 16.2. The molecule has 3 aliphatic heterocycles. The average molecular weight is 1500 g/mol. The molecule has 8 N–H and O–H groups in total. The van der Waals surface area contributed by atoms with E-state index in [0.717, 1.165) is 40.5 Å². The number of para-hydroxylation sites is 1. The van der Waals surface area contributed by atoms with Crippen molar-refractivity contribution in [2.24, 2.45) is 11.8 Å². The summed E-state index contributed by atoms with van der Waals surface area (Å²) in [5.74, 6) is -8.02. The highest BCUT2D eigenvalue weighted by atomic mass is 32.2. The van der Waals surface area contributed by atoms with Gasteiger partial charge in [-0.25, -0.2) is 4.79 Å². The van der Waals surface area contributed by atoms with Crippen LogP contribution < -0.4 is 37.2 Å². The van der Waals surface area contributed by atoms with Crippen LogP contribution in [0.1, 0.15) is 140 Å². The lowest BCUT2D eigenvalue weighted by molar-refractivity contribution is -0.160. The number of carbonyl (C=O) groups excluding carboxylic acids is 9. The predicted octanol–water partition coefficient (Wildman–Crippen LogP) is 9.37. The van der Waals surface area contributed by atoms with Crippen molar-refractivity contribution < 1.29 is 62.5 Å². The van der Waals surface area contributed by atoms with Gasteiger partial charge in [-0.1, -0.05) is 241 Å². The van der Waals surface area contributed by atoms with Gasteiger partial charge in [-0.2, -0.15) is 0 Å². The molecule has 11 atom stereocenters. The molecule has 576 valence electrons. The number of likely N-dealkylation sites (tertiary alicyclic amines) is 2. The number of benzene rings is 7. The largest absolute Gasteiger partial charge is 0.469 e. The van der Waals surface area contributed by atoms with Crippen molar-refractivity contribution in [2.75, 3.05) is 37.8 Å². The molecule has 0 radical (unpaired) electrons. The third-order valence-corrected chi connectivity index (χ3v) is 22.2. The monoisotopic (exact) mass is 1500 g/mol. The second kappa shape index (κ2) is 35.4. The third kappa shape index (κ3) is 18.6. The summed E-state index contributed by atoms with van der Waals surface area (Å²) in [6.07, 6.45) is -1.52. The van der Waals surface area contributed by atoms with E-state index in [1.54, 1.807) is 34.6 Å². The normalized spacial score (nSPS) is 19.4. The average Bonchev–Trinajstić information content (AvgIpc) is 1.54. The van der Waals surface area contributed by atoms with Crippen molar-refractivity contribution in [1.82, 2.24) is 41.7 Å². The van der Waals surface area contributed by atoms with E-state index in [4.69, 9.17) is 14.2 Å². The Kier molecular flexibility index (Phi) is 26.4. The molecule has 7 amide bonds. The molecule has 7 aromatic rings. The quantitative estimate of drug-likeness (QED) is 0.0148. The molecule has 3 heterocycles. The van der Waals surface area contributed by atoms with E-state index in [-0.39, 0.29) is 25.1 Å². The maximum atomic E-state index is 15.6. The highest BCUT2D eigenvalue weighted by Gasteiger charge is 2.65. The van der Waals surface area contributed by atoms with Crippen LogP contribution in [0.5, 0.6) is 0 Å². The molecule has 2 fully saturated rings. The lowest BCUT2D eigenvalue weighted by Gasteiger charge is -2.48. The summed E-state index contributed by atoms with van der Waals surface area (Å²) in [4.78, 5) is 136. The Balaban J connectivity index is 0.918. The molecule has 0 aliphatic carbocycles. The van der Waals surface area contributed by atoms with E-state index in [1.165, 1.54) is 16.7 Å². The lowest BCUT2D eigenvalue weighted by atomic mass is 9.74. The fraction of sp³-hybridized carbons (Fsp3) is 0.407. The number of rotatable bonds is 31. The summed E-state index contributed by atoms with van der Waals surface area (Å²) in [6, 6.07) is 57.7. The number of thioether (sulfide) groups is 1. The summed E-state index contributed by atoms with van der Waals surface area (Å²) in [5.41, 5.74) is 1.79. The van der Waals surface area contributed by atoms with Crippen LogP contribution >= 0.6 is 11.8 Å². The van der Waals surface area contributed by atoms with Crippen molar-refractivity contribution in [1.29, 1.82) is 0 Å². The number of nitrogens with zero attached hydrogens (tertiary/aromatic N) is 2. The summed E-state index contributed by atoms with van der Waals surface area (Å²) in [7, 11) is 1.13. The first-order chi connectivity index (χ1) is 52.1. The number of amides is 7. The molecule has 7 aromatic carbocycles. The molecule has 109 heavy (non-hydrogen) atoms. The van der Waals surface area contributed by atoms with Gasteiger partial charge in [0.25, 0.3) is 0 Å². The number of esters is 2. The van der Waals surface area contributed by atoms with E-state index in [0.29, 0.717) is 24.1 Å². The smallest absolute Gasteiger partial charge is 0.329 e. The standard InChI is InChI=1S/C86H103N9O13S/c1-12-55(3)73(92-71(97)52-87-76(100)69-50-84(105)64-46-32-33-47-65(64)91-81(84)95(69)85(57-34-20-14-21-35-57,58-36-22-15-23-37-58)59-38-24-16-25-39-59)78(102)88-51-70(96)89-67(54-109-86(60-40-26-17-27-41-60,61-42-28-18-29-43-61)62-44-30-19-31-45-62)75(99)90-66(49-72(98)106-11)79(103)94-53-63(107-82(5,6)7)48-68(94)77(101)93-74(56(4)13-2)80(104)108-83(8,9)10/h14-47,55-56,63,66-69,73-74,81,91,105H,12-13,48-54H2,1-11H3,(H,87,100)(H,88,102)(H,89,96)(H,90,99)(H,92,97)(H,93,101)/t55-,56-,63+,66?,67?,68-,69?,73?,74-,81?,84?/m0/s1. The molecule has 6 unspecified atom stereocenters. The molecule has 23 heteroatoms. The fourth-order valence-electron chi connectivity index (χ4n) is 15.1. The van der Waals surface area contributed by atoms with Crippen LogP contribution in [0.25, 0.3) is 0 Å². The van der Waals surface area contributed by atoms with E-state index >= 15 is 14.4 Å². The van der Waals surface area contributed by atoms with Crippen molar-refractivity contribution in [2.45, 2.75) is 177 Å². The summed E-state index contributed by atoms with van der Waals surface area (Å²) >= 11 is 1.31. The fourth-order valence-corrected chi connectivity index (χ4v) is 16.7. The minimum absolute atomic E-state index is 0.0178. The Labute approximate surface area is 643 Å². The first kappa shape index (κ1) is 81.3. The topological polar surface area (TPSA) is 292 Å². The van der Waals surface area contributed by atoms with Crippen molar-refractivity contribution >= 4 is 70.7 Å². The molecule has 2 saturated heterocycles. The molecule has 10 rings (SSSR count). The summed E-state index contributed by atoms with van der Waals surface area (Å²) in [6.45, 7) is 16.4. The van der Waals surface area contributed by atoms with Crippen LogP contribution in [-0.2, 0) is 73.2 Å². The predicted molar refractivity (Wildman–Crippen MR) is 419 cm³/mol. The Hall–Kier alpha value is -10.2. The third-order valence-electron chi connectivity index (χ3n) is 20.6. The SMILES string of the molecule is CC[C@H](C)C(NC(=O)CNC(=O)C1CC2(O)c3ccccc3NC2N1C(c1ccccc1)(c1ccccc1)c1ccccc1)C(=O)NCC(=O)NC(CSC(c1ccccc1)(c1ccccc1)c1ccccc1)C(=O)NC(CC(=O)OC)C(=O)N1C[C@H](OC(C)(C)C)C[C@H]1C(=O)N[C@H](C(=O)OC(C)(C)C)[C@@H](C)CC. The highest BCUT2D eigenvalue weighted by Crippen LogP contribution is 2.57. The minimum Gasteiger partial charge on any atom is -0.469 e. The number of fused-ring (bicyclic) bond motifs is 3. The van der Waals surface area contributed by atoms with Gasteiger partial charge in [0, 0.05) is 36.4 Å². The number of nitrogens with one attached hydrogen (secondary N) is 7. The van der Waals surface area contributed by atoms with Crippen molar-refractivity contribution in [3.05, 3.63) is 245 Å². The first-order valence-corrected chi connectivity index (χ1v) is 38.4. The van der Waals surface area contributed by atoms with Crippen LogP contribution in [0.3, 0.4) is 0 Å². The Morgan fingerprint density at radius 3 is 1.50 bits per heavy atom. The van der Waals surface area contributed by atoms with E-state index in [1.807, 2.05) is 246 Å². The van der Waals surface area contributed by atoms with Crippen molar-refractivity contribution in [3.63, 3.8) is 0 Å². The molecule has 0 bridgehead atoms. The highest BCUT2D eigenvalue weighted by molar-refractivity contribution is 8.00. The van der Waals surface area contributed by atoms with Gasteiger partial charge >= 0.3 is 11.9 Å². The second-order valence-electron chi connectivity index (χ2n) is 30.4. The lowest BCUT2D eigenvalue weighted by Crippen LogP contribution is -2.60. The number of hydrogen-bond acceptors (Lipinski definition) is 16. The molecule has 0 spiro atoms. The number of carbonyl (C=O) groups is 9. The zero-order valence-corrected chi connectivity index (χ0v) is 64.7. The van der Waals surface area contributed by atoms with E-state index in [9.17, 15) is 33.9 Å². The van der Waals surface area contributed by atoms with Crippen LogP contribution in [-0.4, -0.2) is 160 Å². The van der Waals surface area contributed by atoms with Gasteiger partial charge in [0.15, 0.2) is 0 Å². The van der Waals surface area contributed by atoms with Crippen LogP contribution in [0.4, 0.5) is 5.69 Å². The van der Waals surface area contributed by atoms with Crippen LogP contribution in [0, 0.1) is 11.8 Å². The number of aliphatic hydroxyl groups is 1. The molecule has 3 aliphatic rings. The molecule has 22 nitrogen and oxygen atoms in total. The van der Waals surface area contributed by atoms with Gasteiger partial charge in [0.05, 0.1) is 54.7 Å². The van der Waals surface area contributed by atoms with E-state index < -0.39 is 160 Å². The molecule has 0 saturated carbocycles. The zero-order valence-electron chi connectivity index (χ0n) is 63.9. The number of hydrogen-bond donors (Lipinski definition) is 8. The van der Waals surface area contributed by atoms with Gasteiger partial charge in [-0.05, 0) is 92.8 Å². The number of anilines is 1. The van der Waals surface area contributed by atoms with Gasteiger partial charge in [0.1, 0.15) is 47.6 Å². The van der Waals surface area contributed by atoms with Gasteiger partial charge in [-0.15, -0.1) is 11.8 Å².